The first-order chi connectivity index (χ1) is 10.1. The molecule has 0 saturated heterocycles. The van der Waals surface area contributed by atoms with E-state index in [4.69, 9.17) is 21.4 Å². The highest BCUT2D eigenvalue weighted by Crippen LogP contribution is 2.29. The van der Waals surface area contributed by atoms with Gasteiger partial charge in [0.25, 0.3) is 0 Å². The van der Waals surface area contributed by atoms with E-state index in [0.717, 1.165) is 36.4 Å². The standard InChI is InChI=1S/C16H20ClNO3/c1-18(8-9-21-11-13-2-3-13)15-6-4-12(10-14(15)17)5-7-16(19)20/h4-7,10,13H,2-3,8-9,11H2,1H3,(H,19,20)/b7-5+. The number of carboxylic acid groups (broad SMARTS) is 1. The van der Waals surface area contributed by atoms with E-state index in [1.165, 1.54) is 18.9 Å². The number of likely N-dealkylation sites (N-methyl/N-ethyl adjacent to an activating group) is 1. The van der Waals surface area contributed by atoms with E-state index in [1.807, 2.05) is 24.1 Å². The van der Waals surface area contributed by atoms with Crippen molar-refractivity contribution >= 4 is 29.3 Å². The molecular weight excluding hydrogens is 290 g/mol. The molecule has 0 unspecified atom stereocenters. The van der Waals surface area contributed by atoms with Crippen LogP contribution in [-0.4, -0.2) is 37.9 Å². The molecular formula is C16H20ClNO3. The lowest BCUT2D eigenvalue weighted by molar-refractivity contribution is -0.131. The van der Waals surface area contributed by atoms with Gasteiger partial charge in [0.2, 0.25) is 0 Å². The molecule has 1 aliphatic rings. The minimum Gasteiger partial charge on any atom is -0.478 e. The van der Waals surface area contributed by atoms with E-state index in [-0.39, 0.29) is 0 Å². The van der Waals surface area contributed by atoms with Crippen LogP contribution in [-0.2, 0) is 9.53 Å². The number of hydrogen-bond donors (Lipinski definition) is 1. The van der Waals surface area contributed by atoms with E-state index >= 15 is 0 Å². The number of anilines is 1. The maximum absolute atomic E-state index is 10.5. The molecule has 5 heteroatoms. The predicted molar refractivity (Wildman–Crippen MR) is 84.9 cm³/mol. The van der Waals surface area contributed by atoms with Crippen LogP contribution in [0.25, 0.3) is 6.08 Å². The molecule has 1 saturated carbocycles. The van der Waals surface area contributed by atoms with Gasteiger partial charge in [-0.25, -0.2) is 4.79 Å². The Labute approximate surface area is 130 Å². The molecule has 0 bridgehead atoms. The first-order valence-electron chi connectivity index (χ1n) is 7.05. The molecule has 0 radical (unpaired) electrons. The maximum atomic E-state index is 10.5. The van der Waals surface area contributed by atoms with Gasteiger partial charge in [0.15, 0.2) is 0 Å². The van der Waals surface area contributed by atoms with E-state index in [0.29, 0.717) is 11.6 Å². The fourth-order valence-corrected chi connectivity index (χ4v) is 2.29. The number of nitrogens with zero attached hydrogens (tertiary/aromatic N) is 1. The molecule has 21 heavy (non-hydrogen) atoms. The normalized spacial score (nSPS) is 14.6. The van der Waals surface area contributed by atoms with Gasteiger partial charge in [-0.3, -0.25) is 0 Å². The van der Waals surface area contributed by atoms with E-state index in [2.05, 4.69) is 0 Å². The number of carboxylic acids is 1. The molecule has 4 nitrogen and oxygen atoms in total. The van der Waals surface area contributed by atoms with E-state index in [1.54, 1.807) is 6.07 Å². The van der Waals surface area contributed by atoms with Crippen molar-refractivity contribution in [3.8, 4) is 0 Å². The zero-order chi connectivity index (χ0) is 15.2. The Hall–Kier alpha value is -1.52. The number of carbonyl (C=O) groups is 1. The monoisotopic (exact) mass is 309 g/mol. The minimum atomic E-state index is -0.972. The highest BCUT2D eigenvalue weighted by molar-refractivity contribution is 6.33. The number of ether oxygens (including phenoxy) is 1. The summed E-state index contributed by atoms with van der Waals surface area (Å²) in [5.74, 6) is -0.195. The third kappa shape index (κ3) is 5.40. The molecule has 1 aromatic carbocycles. The Morgan fingerprint density at radius 3 is 2.90 bits per heavy atom. The molecule has 0 spiro atoms. The summed E-state index contributed by atoms with van der Waals surface area (Å²) in [6, 6.07) is 5.50. The van der Waals surface area contributed by atoms with Crippen molar-refractivity contribution in [3.05, 3.63) is 34.9 Å². The summed E-state index contributed by atoms with van der Waals surface area (Å²) in [7, 11) is 1.97. The summed E-state index contributed by atoms with van der Waals surface area (Å²) in [6.07, 6.45) is 5.22. The number of halogens is 1. The van der Waals surface area contributed by atoms with Crippen LogP contribution in [0.3, 0.4) is 0 Å². The highest BCUT2D eigenvalue weighted by Gasteiger charge is 2.21. The summed E-state index contributed by atoms with van der Waals surface area (Å²) >= 11 is 6.25. The van der Waals surface area contributed by atoms with Crippen LogP contribution >= 0.6 is 11.6 Å². The number of benzene rings is 1. The summed E-state index contributed by atoms with van der Waals surface area (Å²) in [5, 5.41) is 9.21. The van der Waals surface area contributed by atoms with Gasteiger partial charge in [-0.1, -0.05) is 17.7 Å². The SMILES string of the molecule is CN(CCOCC1CC1)c1ccc(/C=C/C(=O)O)cc1Cl. The van der Waals surface area contributed by atoms with Gasteiger partial charge in [0, 0.05) is 26.3 Å². The lowest BCUT2D eigenvalue weighted by Gasteiger charge is -2.20. The van der Waals surface area contributed by atoms with Crippen molar-refractivity contribution in [1.82, 2.24) is 0 Å². The Balaban J connectivity index is 1.87. The van der Waals surface area contributed by atoms with Crippen LogP contribution in [0.1, 0.15) is 18.4 Å². The Bertz CT molecular complexity index is 526. The molecule has 1 aromatic rings. The minimum absolute atomic E-state index is 0.604. The van der Waals surface area contributed by atoms with Crippen LogP contribution in [0.15, 0.2) is 24.3 Å². The molecule has 0 amide bonds. The van der Waals surface area contributed by atoms with Crippen molar-refractivity contribution in [2.75, 3.05) is 31.7 Å². The molecule has 0 heterocycles. The van der Waals surface area contributed by atoms with E-state index < -0.39 is 5.97 Å². The molecule has 0 atom stereocenters. The number of aliphatic carboxylic acids is 1. The van der Waals surface area contributed by atoms with Gasteiger partial charge in [-0.15, -0.1) is 0 Å². The van der Waals surface area contributed by atoms with Gasteiger partial charge < -0.3 is 14.7 Å². The molecule has 114 valence electrons. The molecule has 1 aliphatic carbocycles. The van der Waals surface area contributed by atoms with Crippen LogP contribution in [0.4, 0.5) is 5.69 Å². The number of rotatable bonds is 8. The van der Waals surface area contributed by atoms with Gasteiger partial charge in [0.1, 0.15) is 0 Å². The second-order valence-corrected chi connectivity index (χ2v) is 5.73. The lowest BCUT2D eigenvalue weighted by atomic mass is 10.2. The van der Waals surface area contributed by atoms with Crippen LogP contribution in [0.5, 0.6) is 0 Å². The average Bonchev–Trinajstić information content (AvgIpc) is 3.25. The Kier molecular flexibility index (Phi) is 5.65. The first kappa shape index (κ1) is 15.9. The van der Waals surface area contributed by atoms with Crippen LogP contribution in [0.2, 0.25) is 5.02 Å². The van der Waals surface area contributed by atoms with Crippen molar-refractivity contribution in [2.45, 2.75) is 12.8 Å². The third-order valence-electron chi connectivity index (χ3n) is 3.42. The molecule has 1 fully saturated rings. The van der Waals surface area contributed by atoms with Crippen molar-refractivity contribution in [2.24, 2.45) is 5.92 Å². The summed E-state index contributed by atoms with van der Waals surface area (Å²) in [5.41, 5.74) is 1.68. The first-order valence-corrected chi connectivity index (χ1v) is 7.43. The Morgan fingerprint density at radius 2 is 2.29 bits per heavy atom. The summed E-state index contributed by atoms with van der Waals surface area (Å²) < 4.78 is 5.62. The summed E-state index contributed by atoms with van der Waals surface area (Å²) in [4.78, 5) is 12.5. The molecule has 0 aromatic heterocycles. The second kappa shape index (κ2) is 7.48. The average molecular weight is 310 g/mol. The van der Waals surface area contributed by atoms with Gasteiger partial charge in [0.05, 0.1) is 17.3 Å². The third-order valence-corrected chi connectivity index (χ3v) is 3.73. The fraction of sp³-hybridized carbons (Fsp3) is 0.438. The zero-order valence-electron chi connectivity index (χ0n) is 12.1. The van der Waals surface area contributed by atoms with Gasteiger partial charge in [-0.2, -0.15) is 0 Å². The Morgan fingerprint density at radius 1 is 1.52 bits per heavy atom. The summed E-state index contributed by atoms with van der Waals surface area (Å²) in [6.45, 7) is 2.32. The molecule has 1 N–H and O–H groups in total. The van der Waals surface area contributed by atoms with Crippen molar-refractivity contribution in [3.63, 3.8) is 0 Å². The van der Waals surface area contributed by atoms with Crippen molar-refractivity contribution in [1.29, 1.82) is 0 Å². The van der Waals surface area contributed by atoms with Gasteiger partial charge in [-0.05, 0) is 42.5 Å². The van der Waals surface area contributed by atoms with Crippen LogP contribution in [0, 0.1) is 5.92 Å². The second-order valence-electron chi connectivity index (χ2n) is 5.32. The van der Waals surface area contributed by atoms with Crippen LogP contribution < -0.4 is 4.90 Å². The van der Waals surface area contributed by atoms with Crippen molar-refractivity contribution < 1.29 is 14.6 Å². The fourth-order valence-electron chi connectivity index (χ4n) is 1.96. The molecule has 0 aliphatic heterocycles. The topological polar surface area (TPSA) is 49.8 Å². The van der Waals surface area contributed by atoms with Gasteiger partial charge >= 0.3 is 5.97 Å². The highest BCUT2D eigenvalue weighted by atomic mass is 35.5. The maximum Gasteiger partial charge on any atom is 0.328 e. The number of hydrogen-bond acceptors (Lipinski definition) is 3. The molecule has 2 rings (SSSR count). The quantitative estimate of drug-likeness (QED) is 0.591. The lowest BCUT2D eigenvalue weighted by Crippen LogP contribution is -2.23. The smallest absolute Gasteiger partial charge is 0.328 e. The van der Waals surface area contributed by atoms with E-state index in [9.17, 15) is 4.79 Å². The predicted octanol–water partition coefficient (Wildman–Crippen LogP) is 3.30. The zero-order valence-corrected chi connectivity index (χ0v) is 12.8. The largest absolute Gasteiger partial charge is 0.478 e.